The van der Waals surface area contributed by atoms with E-state index in [1.807, 2.05) is 34.9 Å². The van der Waals surface area contributed by atoms with Crippen LogP contribution >= 0.6 is 27.5 Å². The van der Waals surface area contributed by atoms with Gasteiger partial charge < -0.3 is 24.1 Å². The number of rotatable bonds is 10. The van der Waals surface area contributed by atoms with Crippen LogP contribution in [0.15, 0.2) is 59.1 Å². The van der Waals surface area contributed by atoms with Gasteiger partial charge in [0, 0.05) is 30.6 Å². The van der Waals surface area contributed by atoms with Crippen molar-refractivity contribution in [3.63, 3.8) is 0 Å². The average molecular weight is 673 g/mol. The van der Waals surface area contributed by atoms with Crippen molar-refractivity contribution in [1.29, 1.82) is 0 Å². The monoisotopic (exact) mass is 671 g/mol. The van der Waals surface area contributed by atoms with Crippen LogP contribution in [-0.2, 0) is 20.9 Å². The maximum Gasteiger partial charge on any atom is 0.300 e. The Morgan fingerprint density at radius 3 is 2.36 bits per heavy atom. The van der Waals surface area contributed by atoms with Gasteiger partial charge in [-0.1, -0.05) is 83.6 Å². The second-order valence-electron chi connectivity index (χ2n) is 12.2. The van der Waals surface area contributed by atoms with Gasteiger partial charge in [-0.25, -0.2) is 4.98 Å². The minimum atomic E-state index is -1.26. The van der Waals surface area contributed by atoms with Crippen molar-refractivity contribution in [2.24, 2.45) is 5.92 Å². The number of benzene rings is 2. The molecule has 2 fully saturated rings. The van der Waals surface area contributed by atoms with Gasteiger partial charge in [-0.15, -0.1) is 0 Å². The zero-order chi connectivity index (χ0) is 29.4. The first-order valence-electron chi connectivity index (χ1n) is 14.2. The van der Waals surface area contributed by atoms with Gasteiger partial charge in [0.1, 0.15) is 24.5 Å². The molecule has 222 valence electrons. The highest BCUT2D eigenvalue weighted by Gasteiger charge is 2.47. The van der Waals surface area contributed by atoms with E-state index in [1.165, 1.54) is 0 Å². The molecule has 0 radical (unpaired) electrons. The third kappa shape index (κ3) is 6.45. The summed E-state index contributed by atoms with van der Waals surface area (Å²) < 4.78 is 26.9. The van der Waals surface area contributed by atoms with E-state index < -0.39 is 14.2 Å². The second-order valence-corrected chi connectivity index (χ2v) is 19.1. The number of aromatic nitrogens is 3. The second kappa shape index (κ2) is 12.4. The quantitative estimate of drug-likeness (QED) is 0.149. The molecule has 0 saturated carbocycles. The summed E-state index contributed by atoms with van der Waals surface area (Å²) in [7, 11) is -1.26. The highest BCUT2D eigenvalue weighted by Crippen LogP contribution is 2.34. The number of fused-ring (bicyclic) bond motifs is 2. The van der Waals surface area contributed by atoms with Crippen LogP contribution in [0.5, 0.6) is 6.01 Å². The lowest BCUT2D eigenvalue weighted by molar-refractivity contribution is 0.0146. The lowest BCUT2D eigenvalue weighted by Crippen LogP contribution is -2.31. The lowest BCUT2D eigenvalue weighted by Gasteiger charge is -2.18. The molecule has 0 aliphatic carbocycles. The van der Waals surface area contributed by atoms with Crippen LogP contribution in [-0.4, -0.2) is 72.5 Å². The topological polar surface area (TPSA) is 87.9 Å². The van der Waals surface area contributed by atoms with Crippen molar-refractivity contribution in [1.82, 2.24) is 14.5 Å². The van der Waals surface area contributed by atoms with Gasteiger partial charge in [0.05, 0.1) is 36.6 Å². The third-order valence-electron chi connectivity index (χ3n) is 7.75. The predicted octanol–water partition coefficient (Wildman–Crippen LogP) is 6.65. The first kappa shape index (κ1) is 29.7. The lowest BCUT2D eigenvalue weighted by atomic mass is 10.0. The van der Waals surface area contributed by atoms with Crippen molar-refractivity contribution < 1.29 is 24.1 Å². The molecule has 2 saturated heterocycles. The van der Waals surface area contributed by atoms with E-state index in [2.05, 4.69) is 59.8 Å². The Kier molecular flexibility index (Phi) is 8.75. The van der Waals surface area contributed by atoms with Crippen molar-refractivity contribution in [3.05, 3.63) is 64.1 Å². The van der Waals surface area contributed by atoms with E-state index in [-0.39, 0.29) is 31.5 Å². The molecular formula is C31H35BrClN3O5Si. The van der Waals surface area contributed by atoms with Crippen molar-refractivity contribution in [3.8, 4) is 28.4 Å². The molecule has 8 nitrogen and oxygen atoms in total. The molecular weight excluding hydrogens is 638 g/mol. The molecule has 2 aliphatic rings. The molecule has 4 aromatic rings. The number of aliphatic hydroxyl groups is 1. The Hall–Kier alpha value is -2.31. The SMILES string of the molecule is C[Si](C)(C)CCOCn1c(OCC2CO[C@@H]3C(O)CO[C@H]23)nc2cc(Cl)c(-c3ccc(-c4ccc(Br)cc4)cc3)nc21. The first-order valence-corrected chi connectivity index (χ1v) is 19.1. The predicted molar refractivity (Wildman–Crippen MR) is 170 cm³/mol. The van der Waals surface area contributed by atoms with Crippen LogP contribution in [0, 0.1) is 5.92 Å². The number of nitrogens with zero attached hydrogens (tertiary/aromatic N) is 3. The fourth-order valence-corrected chi connectivity index (χ4v) is 6.59. The van der Waals surface area contributed by atoms with Crippen LogP contribution in [0.4, 0.5) is 0 Å². The Balaban J connectivity index is 1.27. The van der Waals surface area contributed by atoms with Gasteiger partial charge in [-0.05, 0) is 35.4 Å². The summed E-state index contributed by atoms with van der Waals surface area (Å²) in [5.74, 6) is -0.00966. The number of ether oxygens (including phenoxy) is 4. The number of hydrogen-bond acceptors (Lipinski definition) is 7. The van der Waals surface area contributed by atoms with Gasteiger partial charge in [0.25, 0.3) is 0 Å². The Morgan fingerprint density at radius 2 is 1.64 bits per heavy atom. The minimum Gasteiger partial charge on any atom is -0.464 e. The first-order chi connectivity index (χ1) is 20.2. The summed E-state index contributed by atoms with van der Waals surface area (Å²) in [4.78, 5) is 9.72. The molecule has 11 heteroatoms. The largest absolute Gasteiger partial charge is 0.464 e. The highest BCUT2D eigenvalue weighted by molar-refractivity contribution is 9.10. The highest BCUT2D eigenvalue weighted by atomic mass is 79.9. The molecule has 0 bridgehead atoms. The van der Waals surface area contributed by atoms with Gasteiger partial charge in [0.2, 0.25) is 0 Å². The molecule has 2 aromatic carbocycles. The van der Waals surface area contributed by atoms with Gasteiger partial charge in [-0.2, -0.15) is 4.98 Å². The van der Waals surface area contributed by atoms with Gasteiger partial charge in [-0.3, -0.25) is 4.57 Å². The zero-order valence-electron chi connectivity index (χ0n) is 23.9. The maximum atomic E-state index is 10.1. The molecule has 2 aliphatic heterocycles. The average Bonchev–Trinajstić information content (AvgIpc) is 3.64. The van der Waals surface area contributed by atoms with Crippen LogP contribution in [0.1, 0.15) is 0 Å². The van der Waals surface area contributed by atoms with Crippen molar-refractivity contribution >= 4 is 46.8 Å². The van der Waals surface area contributed by atoms with Gasteiger partial charge in [0.15, 0.2) is 5.65 Å². The number of halogens is 2. The summed E-state index contributed by atoms with van der Waals surface area (Å²) in [5, 5.41) is 10.6. The van der Waals surface area contributed by atoms with Crippen LogP contribution in [0.3, 0.4) is 0 Å². The van der Waals surface area contributed by atoms with E-state index in [4.69, 9.17) is 40.5 Å². The summed E-state index contributed by atoms with van der Waals surface area (Å²) in [6.45, 7) is 8.98. The van der Waals surface area contributed by atoms with Gasteiger partial charge >= 0.3 is 6.01 Å². The summed E-state index contributed by atoms with van der Waals surface area (Å²) >= 11 is 10.3. The third-order valence-corrected chi connectivity index (χ3v) is 10.3. The summed E-state index contributed by atoms with van der Waals surface area (Å²) in [6, 6.07) is 19.7. The standard InChI is InChI=1S/C31H35BrClN3O5Si/c1-42(2,3)13-12-38-18-36-30-25(34-31(36)41-16-22-15-39-29-26(37)17-40-28(22)29)14-24(33)27(35-30)21-6-4-19(5-7-21)20-8-10-23(32)11-9-20/h4-11,14,22,26,28-29,37H,12-13,15-18H2,1-3H3/t22?,26?,28-,29-/m1/s1. The molecule has 1 N–H and O–H groups in total. The Morgan fingerprint density at radius 1 is 0.976 bits per heavy atom. The normalized spacial score (nSPS) is 22.1. The zero-order valence-corrected chi connectivity index (χ0v) is 27.3. The molecule has 2 unspecified atom stereocenters. The fourth-order valence-electron chi connectivity index (χ4n) is 5.31. The van der Waals surface area contributed by atoms with Crippen LogP contribution in [0.2, 0.25) is 30.7 Å². The maximum absolute atomic E-state index is 10.1. The molecule has 42 heavy (non-hydrogen) atoms. The number of pyridine rings is 1. The fraction of sp³-hybridized carbons (Fsp3) is 0.419. The molecule has 0 amide bonds. The van der Waals surface area contributed by atoms with E-state index in [0.717, 1.165) is 27.2 Å². The molecule has 0 spiro atoms. The van der Waals surface area contributed by atoms with Crippen molar-refractivity contribution in [2.45, 2.75) is 50.7 Å². The Labute approximate surface area is 260 Å². The number of imidazole rings is 1. The van der Waals surface area contributed by atoms with E-state index in [0.29, 0.717) is 47.7 Å². The smallest absolute Gasteiger partial charge is 0.300 e. The summed E-state index contributed by atoms with van der Waals surface area (Å²) in [6.07, 6.45) is -1.09. The number of aliphatic hydroxyl groups excluding tert-OH is 1. The Bertz CT molecular complexity index is 1540. The van der Waals surface area contributed by atoms with E-state index in [1.54, 1.807) is 0 Å². The molecule has 4 heterocycles. The van der Waals surface area contributed by atoms with Crippen molar-refractivity contribution in [2.75, 3.05) is 26.4 Å². The van der Waals surface area contributed by atoms with Crippen LogP contribution in [0.25, 0.3) is 33.5 Å². The summed E-state index contributed by atoms with van der Waals surface area (Å²) in [5.41, 5.74) is 5.09. The molecule has 6 rings (SSSR count). The van der Waals surface area contributed by atoms with E-state index in [9.17, 15) is 5.11 Å². The minimum absolute atomic E-state index is 0.00966. The van der Waals surface area contributed by atoms with Crippen LogP contribution < -0.4 is 4.74 Å². The molecule has 2 aromatic heterocycles. The molecule has 4 atom stereocenters. The van der Waals surface area contributed by atoms with E-state index >= 15 is 0 Å². The number of hydrogen-bond donors (Lipinski definition) is 1.